The van der Waals surface area contributed by atoms with Gasteiger partial charge in [-0.05, 0) is 56.5 Å². The van der Waals surface area contributed by atoms with Crippen LogP contribution in [0.1, 0.15) is 31.4 Å². The van der Waals surface area contributed by atoms with E-state index in [1.807, 2.05) is 31.2 Å². The first-order valence-corrected chi connectivity index (χ1v) is 7.85. The summed E-state index contributed by atoms with van der Waals surface area (Å²) in [6, 6.07) is 7.75. The van der Waals surface area contributed by atoms with Crippen molar-refractivity contribution in [3.63, 3.8) is 0 Å². The molecule has 118 valence electrons. The second-order valence-corrected chi connectivity index (χ2v) is 5.72. The van der Waals surface area contributed by atoms with Crippen LogP contribution in [0.4, 0.5) is 0 Å². The van der Waals surface area contributed by atoms with Crippen LogP contribution in [0.3, 0.4) is 0 Å². The molecule has 1 fully saturated rings. The van der Waals surface area contributed by atoms with Gasteiger partial charge in [0.2, 0.25) is 0 Å². The molecule has 4 nitrogen and oxygen atoms in total. The van der Waals surface area contributed by atoms with Gasteiger partial charge in [0.15, 0.2) is 0 Å². The molecule has 0 spiro atoms. The molecule has 0 aromatic heterocycles. The molecule has 1 aliphatic rings. The fourth-order valence-electron chi connectivity index (χ4n) is 2.87. The van der Waals surface area contributed by atoms with Crippen LogP contribution < -0.4 is 4.74 Å². The number of nitrogens with zero attached hydrogens (tertiary/aromatic N) is 1. The molecule has 4 heteroatoms. The summed E-state index contributed by atoms with van der Waals surface area (Å²) in [4.78, 5) is 2.34. The van der Waals surface area contributed by atoms with E-state index in [0.29, 0.717) is 19.1 Å². The molecule has 1 aromatic rings. The van der Waals surface area contributed by atoms with Gasteiger partial charge in [-0.2, -0.15) is 0 Å². The van der Waals surface area contributed by atoms with Gasteiger partial charge in [-0.1, -0.05) is 12.1 Å². The Hall–Kier alpha value is -1.10. The van der Waals surface area contributed by atoms with Gasteiger partial charge in [-0.3, -0.25) is 0 Å². The number of β-amino-alcohol motifs (C(OH)–C–C–N with tert-alkyl or cyclic N) is 1. The number of methoxy groups -OCH3 is 1. The summed E-state index contributed by atoms with van der Waals surface area (Å²) < 4.78 is 10.6. The summed E-state index contributed by atoms with van der Waals surface area (Å²) in [5.41, 5.74) is 0.956. The number of ether oxygens (including phenoxy) is 2. The van der Waals surface area contributed by atoms with Crippen molar-refractivity contribution in [3.8, 4) is 5.75 Å². The highest BCUT2D eigenvalue weighted by Crippen LogP contribution is 2.22. The SMILES string of the molecule is CCOc1ccc(C(O)CN2CCC(COC)CC2)cc1. The van der Waals surface area contributed by atoms with E-state index in [9.17, 15) is 5.11 Å². The molecule has 1 N–H and O–H groups in total. The molecule has 0 aliphatic carbocycles. The summed E-state index contributed by atoms with van der Waals surface area (Å²) in [6.45, 7) is 6.28. The molecule has 21 heavy (non-hydrogen) atoms. The van der Waals surface area contributed by atoms with Crippen molar-refractivity contribution < 1.29 is 14.6 Å². The Balaban J connectivity index is 1.80. The average Bonchev–Trinajstić information content (AvgIpc) is 2.50. The van der Waals surface area contributed by atoms with E-state index in [1.54, 1.807) is 7.11 Å². The molecule has 1 saturated heterocycles. The lowest BCUT2D eigenvalue weighted by atomic mass is 9.97. The van der Waals surface area contributed by atoms with Crippen LogP contribution in [-0.4, -0.2) is 50.0 Å². The fourth-order valence-corrected chi connectivity index (χ4v) is 2.87. The van der Waals surface area contributed by atoms with Gasteiger partial charge < -0.3 is 19.5 Å². The van der Waals surface area contributed by atoms with Crippen LogP contribution in [0.25, 0.3) is 0 Å². The molecule has 1 atom stereocenters. The van der Waals surface area contributed by atoms with Crippen molar-refractivity contribution in [2.24, 2.45) is 5.92 Å². The van der Waals surface area contributed by atoms with Crippen LogP contribution >= 0.6 is 0 Å². The van der Waals surface area contributed by atoms with Gasteiger partial charge in [0.1, 0.15) is 5.75 Å². The minimum absolute atomic E-state index is 0.431. The zero-order chi connectivity index (χ0) is 15.1. The molecule has 2 rings (SSSR count). The second-order valence-electron chi connectivity index (χ2n) is 5.72. The van der Waals surface area contributed by atoms with Crippen molar-refractivity contribution >= 4 is 0 Å². The molecule has 1 unspecified atom stereocenters. The van der Waals surface area contributed by atoms with Crippen molar-refractivity contribution in [2.45, 2.75) is 25.9 Å². The highest BCUT2D eigenvalue weighted by molar-refractivity contribution is 5.28. The van der Waals surface area contributed by atoms with Gasteiger partial charge in [-0.15, -0.1) is 0 Å². The Bertz CT molecular complexity index is 399. The molecule has 1 heterocycles. The maximum Gasteiger partial charge on any atom is 0.119 e. The summed E-state index contributed by atoms with van der Waals surface area (Å²) in [5, 5.41) is 10.4. The van der Waals surface area contributed by atoms with E-state index < -0.39 is 6.10 Å². The maximum absolute atomic E-state index is 10.4. The fraction of sp³-hybridized carbons (Fsp3) is 0.647. The predicted octanol–water partition coefficient (Wildman–Crippen LogP) is 2.48. The highest BCUT2D eigenvalue weighted by atomic mass is 16.5. The van der Waals surface area contributed by atoms with Crippen molar-refractivity contribution in [1.82, 2.24) is 4.90 Å². The predicted molar refractivity (Wildman–Crippen MR) is 83.6 cm³/mol. The molecular weight excluding hydrogens is 266 g/mol. The minimum Gasteiger partial charge on any atom is -0.494 e. The van der Waals surface area contributed by atoms with E-state index in [-0.39, 0.29) is 0 Å². The minimum atomic E-state index is -0.431. The Labute approximate surface area is 127 Å². The first kappa shape index (κ1) is 16.3. The molecule has 1 aromatic carbocycles. The third-order valence-corrected chi connectivity index (χ3v) is 4.12. The highest BCUT2D eigenvalue weighted by Gasteiger charge is 2.21. The first-order chi connectivity index (χ1) is 10.2. The number of aliphatic hydroxyl groups excluding tert-OH is 1. The zero-order valence-corrected chi connectivity index (χ0v) is 13.1. The summed E-state index contributed by atoms with van der Waals surface area (Å²) in [6.07, 6.45) is 1.88. The number of piperidine rings is 1. The van der Waals surface area contributed by atoms with Gasteiger partial charge >= 0.3 is 0 Å². The van der Waals surface area contributed by atoms with Crippen LogP contribution in [0, 0.1) is 5.92 Å². The molecule has 0 radical (unpaired) electrons. The molecule has 1 aliphatic heterocycles. The summed E-state index contributed by atoms with van der Waals surface area (Å²) >= 11 is 0. The van der Waals surface area contributed by atoms with Crippen LogP contribution in [0.15, 0.2) is 24.3 Å². The Morgan fingerprint density at radius 2 is 1.90 bits per heavy atom. The summed E-state index contributed by atoms with van der Waals surface area (Å²) in [7, 11) is 1.77. The van der Waals surface area contributed by atoms with Crippen molar-refractivity contribution in [2.75, 3.05) is 40.0 Å². The smallest absolute Gasteiger partial charge is 0.119 e. The first-order valence-electron chi connectivity index (χ1n) is 7.85. The topological polar surface area (TPSA) is 41.9 Å². The third kappa shape index (κ3) is 4.99. The van der Waals surface area contributed by atoms with Crippen LogP contribution in [0.5, 0.6) is 5.75 Å². The van der Waals surface area contributed by atoms with Gasteiger partial charge in [-0.25, -0.2) is 0 Å². The zero-order valence-electron chi connectivity index (χ0n) is 13.1. The second kappa shape index (κ2) is 8.37. The number of aliphatic hydroxyl groups is 1. The lowest BCUT2D eigenvalue weighted by Crippen LogP contribution is -2.37. The number of benzene rings is 1. The molecule has 0 bridgehead atoms. The maximum atomic E-state index is 10.4. The van der Waals surface area contributed by atoms with E-state index in [0.717, 1.165) is 43.9 Å². The average molecular weight is 293 g/mol. The third-order valence-electron chi connectivity index (χ3n) is 4.12. The van der Waals surface area contributed by atoms with Gasteiger partial charge in [0, 0.05) is 20.3 Å². The van der Waals surface area contributed by atoms with Gasteiger partial charge in [0.05, 0.1) is 12.7 Å². The van der Waals surface area contributed by atoms with E-state index >= 15 is 0 Å². The summed E-state index contributed by atoms with van der Waals surface area (Å²) in [5.74, 6) is 1.53. The van der Waals surface area contributed by atoms with Crippen molar-refractivity contribution in [1.29, 1.82) is 0 Å². The van der Waals surface area contributed by atoms with E-state index in [2.05, 4.69) is 4.90 Å². The lowest BCUT2D eigenvalue weighted by molar-refractivity contribution is 0.0656. The van der Waals surface area contributed by atoms with Crippen LogP contribution in [-0.2, 0) is 4.74 Å². The van der Waals surface area contributed by atoms with E-state index in [1.165, 1.54) is 0 Å². The number of hydrogen-bond donors (Lipinski definition) is 1. The molecular formula is C17H27NO3. The number of rotatable bonds is 7. The Kier molecular flexibility index (Phi) is 6.49. The Morgan fingerprint density at radius 3 is 2.48 bits per heavy atom. The van der Waals surface area contributed by atoms with Crippen molar-refractivity contribution in [3.05, 3.63) is 29.8 Å². The largest absolute Gasteiger partial charge is 0.494 e. The Morgan fingerprint density at radius 1 is 1.24 bits per heavy atom. The standard InChI is InChI=1S/C17H27NO3/c1-3-21-16-6-4-15(5-7-16)17(19)12-18-10-8-14(9-11-18)13-20-2/h4-7,14,17,19H,3,8-13H2,1-2H3. The van der Waals surface area contributed by atoms with Crippen LogP contribution in [0.2, 0.25) is 0 Å². The number of likely N-dealkylation sites (tertiary alicyclic amines) is 1. The monoisotopic (exact) mass is 293 g/mol. The quantitative estimate of drug-likeness (QED) is 0.838. The lowest BCUT2D eigenvalue weighted by Gasteiger charge is -2.32. The van der Waals surface area contributed by atoms with E-state index in [4.69, 9.17) is 9.47 Å². The van der Waals surface area contributed by atoms with Gasteiger partial charge in [0.25, 0.3) is 0 Å². The molecule has 0 amide bonds. The number of hydrogen-bond acceptors (Lipinski definition) is 4. The molecule has 0 saturated carbocycles. The normalized spacial score (nSPS) is 18.6.